The second-order valence-electron chi connectivity index (χ2n) is 6.52. The first-order chi connectivity index (χ1) is 12.6. The van der Waals surface area contributed by atoms with Crippen molar-refractivity contribution in [2.75, 3.05) is 0 Å². The van der Waals surface area contributed by atoms with Crippen molar-refractivity contribution in [1.29, 1.82) is 0 Å². The van der Waals surface area contributed by atoms with Crippen molar-refractivity contribution in [2.24, 2.45) is 0 Å². The van der Waals surface area contributed by atoms with E-state index in [9.17, 15) is 4.79 Å². The van der Waals surface area contributed by atoms with E-state index in [0.717, 1.165) is 29.8 Å². The number of carbonyl (C=O) groups excluding carboxylic acids is 1. The van der Waals surface area contributed by atoms with Crippen LogP contribution in [0, 0.1) is 0 Å². The molecular weight excluding hydrogens is 346 g/mol. The summed E-state index contributed by atoms with van der Waals surface area (Å²) in [5, 5.41) is 3.68. The molecule has 0 aliphatic carbocycles. The van der Waals surface area contributed by atoms with Crippen LogP contribution >= 0.6 is 11.6 Å². The molecule has 0 saturated carbocycles. The van der Waals surface area contributed by atoms with Crippen molar-refractivity contribution < 1.29 is 4.79 Å². The normalized spacial score (nSPS) is 12.3. The zero-order valence-corrected chi connectivity index (χ0v) is 16.0. The fourth-order valence-electron chi connectivity index (χ4n) is 3.13. The average molecular weight is 370 g/mol. The molecular formula is C21H24ClN3O. The van der Waals surface area contributed by atoms with Crippen LogP contribution in [-0.2, 0) is 6.54 Å². The van der Waals surface area contributed by atoms with Crippen LogP contribution in [-0.4, -0.2) is 15.5 Å². The number of unbranched alkanes of at least 4 members (excludes halogenated alkanes) is 2. The van der Waals surface area contributed by atoms with E-state index in [1.807, 2.05) is 25.1 Å². The van der Waals surface area contributed by atoms with Crippen molar-refractivity contribution in [3.63, 3.8) is 0 Å². The Kier molecular flexibility index (Phi) is 5.94. The summed E-state index contributed by atoms with van der Waals surface area (Å²) in [6, 6.07) is 14.8. The number of rotatable bonds is 7. The molecule has 0 saturated heterocycles. The monoisotopic (exact) mass is 369 g/mol. The van der Waals surface area contributed by atoms with Crippen LogP contribution < -0.4 is 5.32 Å². The van der Waals surface area contributed by atoms with Crippen molar-refractivity contribution in [2.45, 2.75) is 45.7 Å². The van der Waals surface area contributed by atoms with Crippen LogP contribution in [0.4, 0.5) is 0 Å². The highest BCUT2D eigenvalue weighted by Gasteiger charge is 2.18. The zero-order valence-electron chi connectivity index (χ0n) is 15.2. The molecule has 0 bridgehead atoms. The number of nitrogens with zero attached hydrogens (tertiary/aromatic N) is 2. The van der Waals surface area contributed by atoms with E-state index in [1.54, 1.807) is 24.3 Å². The van der Waals surface area contributed by atoms with E-state index in [-0.39, 0.29) is 11.9 Å². The minimum atomic E-state index is -0.188. The van der Waals surface area contributed by atoms with Gasteiger partial charge in [0.25, 0.3) is 5.91 Å². The third kappa shape index (κ3) is 4.07. The van der Waals surface area contributed by atoms with Crippen LogP contribution in [0.5, 0.6) is 0 Å². The van der Waals surface area contributed by atoms with Gasteiger partial charge < -0.3 is 9.88 Å². The number of amides is 1. The number of imidazole rings is 1. The number of benzene rings is 2. The van der Waals surface area contributed by atoms with Gasteiger partial charge in [0.05, 0.1) is 17.1 Å². The second-order valence-corrected chi connectivity index (χ2v) is 6.96. The van der Waals surface area contributed by atoms with E-state index in [1.165, 1.54) is 12.8 Å². The Hall–Kier alpha value is -2.33. The van der Waals surface area contributed by atoms with Gasteiger partial charge in [0.2, 0.25) is 0 Å². The number of aromatic nitrogens is 2. The van der Waals surface area contributed by atoms with E-state index in [2.05, 4.69) is 22.9 Å². The van der Waals surface area contributed by atoms with Gasteiger partial charge in [-0.2, -0.15) is 0 Å². The smallest absolute Gasteiger partial charge is 0.251 e. The molecule has 0 aliphatic rings. The first-order valence-corrected chi connectivity index (χ1v) is 9.49. The molecule has 1 heterocycles. The Labute approximate surface area is 159 Å². The quantitative estimate of drug-likeness (QED) is 0.569. The largest absolute Gasteiger partial charge is 0.342 e. The van der Waals surface area contributed by atoms with Crippen LogP contribution in [0.25, 0.3) is 11.0 Å². The number of fused-ring (bicyclic) bond motifs is 1. The first-order valence-electron chi connectivity index (χ1n) is 9.11. The molecule has 0 unspecified atom stereocenters. The average Bonchev–Trinajstić information content (AvgIpc) is 3.01. The zero-order chi connectivity index (χ0) is 18.5. The van der Waals surface area contributed by atoms with Crippen LogP contribution in [0.2, 0.25) is 5.02 Å². The highest BCUT2D eigenvalue weighted by molar-refractivity contribution is 6.30. The molecule has 1 N–H and O–H groups in total. The molecule has 1 aromatic heterocycles. The summed E-state index contributed by atoms with van der Waals surface area (Å²) in [6.45, 7) is 5.08. The van der Waals surface area contributed by atoms with Crippen LogP contribution in [0.3, 0.4) is 0 Å². The van der Waals surface area contributed by atoms with E-state index in [0.29, 0.717) is 10.6 Å². The molecule has 4 nitrogen and oxygen atoms in total. The number of carbonyl (C=O) groups is 1. The minimum Gasteiger partial charge on any atom is -0.342 e. The van der Waals surface area contributed by atoms with Gasteiger partial charge in [0.1, 0.15) is 5.82 Å². The Morgan fingerprint density at radius 1 is 1.15 bits per heavy atom. The predicted octanol–water partition coefficient (Wildman–Crippen LogP) is 5.37. The van der Waals surface area contributed by atoms with Gasteiger partial charge in [-0.25, -0.2) is 4.98 Å². The lowest BCUT2D eigenvalue weighted by Gasteiger charge is -2.16. The highest BCUT2D eigenvalue weighted by Crippen LogP contribution is 2.22. The van der Waals surface area contributed by atoms with E-state index in [4.69, 9.17) is 16.6 Å². The fraction of sp³-hybridized carbons (Fsp3) is 0.333. The third-order valence-corrected chi connectivity index (χ3v) is 4.76. The number of hydrogen-bond acceptors (Lipinski definition) is 2. The van der Waals surface area contributed by atoms with Crippen molar-refractivity contribution in [3.8, 4) is 0 Å². The maximum atomic E-state index is 12.5. The van der Waals surface area contributed by atoms with E-state index >= 15 is 0 Å². The summed E-state index contributed by atoms with van der Waals surface area (Å²) in [4.78, 5) is 17.3. The molecule has 5 heteroatoms. The lowest BCUT2D eigenvalue weighted by Crippen LogP contribution is -2.28. The molecule has 0 radical (unpaired) electrons. The van der Waals surface area contributed by atoms with Crippen molar-refractivity contribution in [1.82, 2.24) is 14.9 Å². The molecule has 1 amide bonds. The van der Waals surface area contributed by atoms with Gasteiger partial charge in [-0.05, 0) is 49.7 Å². The Bertz CT molecular complexity index is 886. The molecule has 0 fully saturated rings. The third-order valence-electron chi connectivity index (χ3n) is 4.51. The summed E-state index contributed by atoms with van der Waals surface area (Å²) >= 11 is 5.90. The predicted molar refractivity (Wildman–Crippen MR) is 107 cm³/mol. The van der Waals surface area contributed by atoms with Gasteiger partial charge in [-0.15, -0.1) is 0 Å². The number of nitrogens with one attached hydrogen (secondary N) is 1. The number of para-hydroxylation sites is 2. The fourth-order valence-corrected chi connectivity index (χ4v) is 3.25. The van der Waals surface area contributed by atoms with Crippen LogP contribution in [0.15, 0.2) is 48.5 Å². The van der Waals surface area contributed by atoms with Crippen molar-refractivity contribution in [3.05, 3.63) is 64.9 Å². The number of halogens is 1. The second kappa shape index (κ2) is 8.37. The number of hydrogen-bond donors (Lipinski definition) is 1. The van der Waals surface area contributed by atoms with Crippen molar-refractivity contribution >= 4 is 28.5 Å². The molecule has 0 spiro atoms. The summed E-state index contributed by atoms with van der Waals surface area (Å²) in [7, 11) is 0. The molecule has 1 atom stereocenters. The maximum Gasteiger partial charge on any atom is 0.251 e. The lowest BCUT2D eigenvalue weighted by atomic mass is 10.2. The van der Waals surface area contributed by atoms with Gasteiger partial charge in [0.15, 0.2) is 0 Å². The van der Waals surface area contributed by atoms with Gasteiger partial charge in [-0.3, -0.25) is 4.79 Å². The maximum absolute atomic E-state index is 12.5. The summed E-state index contributed by atoms with van der Waals surface area (Å²) < 4.78 is 2.23. The topological polar surface area (TPSA) is 46.9 Å². The van der Waals surface area contributed by atoms with Gasteiger partial charge >= 0.3 is 0 Å². The summed E-state index contributed by atoms with van der Waals surface area (Å²) in [5.41, 5.74) is 2.67. The first kappa shape index (κ1) is 18.5. The Morgan fingerprint density at radius 2 is 1.88 bits per heavy atom. The van der Waals surface area contributed by atoms with Gasteiger partial charge in [0, 0.05) is 17.1 Å². The highest BCUT2D eigenvalue weighted by atomic mass is 35.5. The van der Waals surface area contributed by atoms with Gasteiger partial charge in [-0.1, -0.05) is 43.5 Å². The molecule has 3 rings (SSSR count). The van der Waals surface area contributed by atoms with Crippen LogP contribution in [0.1, 0.15) is 55.3 Å². The molecule has 0 aliphatic heterocycles. The SMILES string of the molecule is CCCCCn1c([C@H](C)NC(=O)c2ccc(Cl)cc2)nc2ccccc21. The summed E-state index contributed by atoms with van der Waals surface area (Å²) in [6.07, 6.45) is 3.45. The summed E-state index contributed by atoms with van der Waals surface area (Å²) in [5.74, 6) is 0.769. The number of aryl methyl sites for hydroxylation is 1. The van der Waals surface area contributed by atoms with E-state index < -0.39 is 0 Å². The molecule has 3 aromatic rings. The minimum absolute atomic E-state index is 0.124. The molecule has 136 valence electrons. The molecule has 26 heavy (non-hydrogen) atoms. The Morgan fingerprint density at radius 3 is 2.62 bits per heavy atom. The Balaban J connectivity index is 1.84. The molecule has 2 aromatic carbocycles. The lowest BCUT2D eigenvalue weighted by molar-refractivity contribution is 0.0937. The standard InChI is InChI=1S/C21H24ClN3O/c1-3-4-7-14-25-19-9-6-5-8-18(19)24-20(25)15(2)23-21(26)16-10-12-17(22)13-11-16/h5-6,8-13,15H,3-4,7,14H2,1-2H3,(H,23,26)/t15-/m0/s1.